The van der Waals surface area contributed by atoms with Gasteiger partial charge >= 0.3 is 0 Å². The summed E-state index contributed by atoms with van der Waals surface area (Å²) in [6.07, 6.45) is 1.94. The van der Waals surface area contributed by atoms with Gasteiger partial charge in [-0.3, -0.25) is 0 Å². The molecule has 0 saturated heterocycles. The maximum atomic E-state index is 9.66. The number of thioether (sulfide) groups is 1. The summed E-state index contributed by atoms with van der Waals surface area (Å²) in [6, 6.07) is 8.06. The standard InChI is InChI=1S/C12H16OS/c1-3-5-12(13)10-6-8-11(9-7-10)14-4-2/h3,6-9,12-13H,1,4-5H2,2H3. The van der Waals surface area contributed by atoms with E-state index in [0.717, 1.165) is 11.3 Å². The molecule has 0 amide bonds. The summed E-state index contributed by atoms with van der Waals surface area (Å²) >= 11 is 1.81. The third-order valence-corrected chi connectivity index (χ3v) is 2.86. The molecule has 0 bridgehead atoms. The van der Waals surface area contributed by atoms with Crippen LogP contribution in [0.1, 0.15) is 25.0 Å². The van der Waals surface area contributed by atoms with Crippen LogP contribution in [-0.4, -0.2) is 10.9 Å². The first kappa shape index (κ1) is 11.3. The predicted molar refractivity (Wildman–Crippen MR) is 62.6 cm³/mol. The first-order valence-electron chi connectivity index (χ1n) is 4.79. The van der Waals surface area contributed by atoms with Crippen LogP contribution >= 0.6 is 11.8 Å². The van der Waals surface area contributed by atoms with Crippen molar-refractivity contribution in [1.82, 2.24) is 0 Å². The Hall–Kier alpha value is -0.730. The molecular formula is C12H16OS. The second-order valence-electron chi connectivity index (χ2n) is 3.04. The van der Waals surface area contributed by atoms with E-state index in [0.29, 0.717) is 6.42 Å². The molecule has 1 N–H and O–H groups in total. The van der Waals surface area contributed by atoms with Gasteiger partial charge in [-0.2, -0.15) is 0 Å². The van der Waals surface area contributed by atoms with Gasteiger partial charge in [-0.1, -0.05) is 25.1 Å². The number of rotatable bonds is 5. The Morgan fingerprint density at radius 3 is 2.57 bits per heavy atom. The van der Waals surface area contributed by atoms with E-state index >= 15 is 0 Å². The highest BCUT2D eigenvalue weighted by Crippen LogP contribution is 2.22. The fourth-order valence-electron chi connectivity index (χ4n) is 1.25. The van der Waals surface area contributed by atoms with Gasteiger partial charge in [0.05, 0.1) is 6.10 Å². The minimum Gasteiger partial charge on any atom is -0.388 e. The number of benzene rings is 1. The maximum Gasteiger partial charge on any atom is 0.0824 e. The van der Waals surface area contributed by atoms with E-state index in [2.05, 4.69) is 25.6 Å². The molecule has 0 spiro atoms. The van der Waals surface area contributed by atoms with E-state index in [1.54, 1.807) is 6.08 Å². The summed E-state index contributed by atoms with van der Waals surface area (Å²) < 4.78 is 0. The van der Waals surface area contributed by atoms with E-state index in [1.165, 1.54) is 4.90 Å². The Morgan fingerprint density at radius 2 is 2.07 bits per heavy atom. The molecule has 0 aromatic heterocycles. The zero-order chi connectivity index (χ0) is 10.4. The molecule has 1 unspecified atom stereocenters. The van der Waals surface area contributed by atoms with Gasteiger partial charge in [-0.05, 0) is 29.9 Å². The summed E-state index contributed by atoms with van der Waals surface area (Å²) in [7, 11) is 0. The van der Waals surface area contributed by atoms with Crippen molar-refractivity contribution in [1.29, 1.82) is 0 Å². The third-order valence-electron chi connectivity index (χ3n) is 1.97. The zero-order valence-corrected chi connectivity index (χ0v) is 9.26. The lowest BCUT2D eigenvalue weighted by atomic mass is 10.1. The van der Waals surface area contributed by atoms with Crippen molar-refractivity contribution in [2.24, 2.45) is 0 Å². The van der Waals surface area contributed by atoms with Crippen LogP contribution in [0.4, 0.5) is 0 Å². The first-order valence-corrected chi connectivity index (χ1v) is 5.78. The molecule has 76 valence electrons. The fraction of sp³-hybridized carbons (Fsp3) is 0.333. The number of hydrogen-bond acceptors (Lipinski definition) is 2. The largest absolute Gasteiger partial charge is 0.388 e. The Labute approximate surface area is 89.8 Å². The predicted octanol–water partition coefficient (Wildman–Crippen LogP) is 3.41. The van der Waals surface area contributed by atoms with Crippen LogP contribution in [0.15, 0.2) is 41.8 Å². The van der Waals surface area contributed by atoms with E-state index < -0.39 is 6.10 Å². The van der Waals surface area contributed by atoms with E-state index in [-0.39, 0.29) is 0 Å². The minimum atomic E-state index is -0.409. The van der Waals surface area contributed by atoms with Gasteiger partial charge in [0.2, 0.25) is 0 Å². The van der Waals surface area contributed by atoms with Crippen LogP contribution in [0.25, 0.3) is 0 Å². The second-order valence-corrected chi connectivity index (χ2v) is 4.38. The highest BCUT2D eigenvalue weighted by molar-refractivity contribution is 7.99. The van der Waals surface area contributed by atoms with Crippen molar-refractivity contribution in [3.63, 3.8) is 0 Å². The lowest BCUT2D eigenvalue weighted by Crippen LogP contribution is -1.94. The molecule has 0 aliphatic carbocycles. The number of aliphatic hydroxyl groups excluding tert-OH is 1. The van der Waals surface area contributed by atoms with Gasteiger partial charge in [-0.15, -0.1) is 18.3 Å². The van der Waals surface area contributed by atoms with Crippen LogP contribution in [0, 0.1) is 0 Å². The van der Waals surface area contributed by atoms with Gasteiger partial charge in [-0.25, -0.2) is 0 Å². The Kier molecular flexibility index (Phi) is 4.77. The Bertz CT molecular complexity index is 279. The lowest BCUT2D eigenvalue weighted by molar-refractivity contribution is 0.181. The molecular weight excluding hydrogens is 192 g/mol. The topological polar surface area (TPSA) is 20.2 Å². The molecule has 2 heteroatoms. The van der Waals surface area contributed by atoms with Crippen LogP contribution in [0.2, 0.25) is 0 Å². The monoisotopic (exact) mass is 208 g/mol. The van der Waals surface area contributed by atoms with Gasteiger partial charge < -0.3 is 5.11 Å². The summed E-state index contributed by atoms with van der Waals surface area (Å²) in [5.74, 6) is 1.08. The van der Waals surface area contributed by atoms with Gasteiger partial charge in [0, 0.05) is 4.90 Å². The molecule has 0 fully saturated rings. The van der Waals surface area contributed by atoms with Crippen LogP contribution in [-0.2, 0) is 0 Å². The molecule has 1 aromatic carbocycles. The summed E-state index contributed by atoms with van der Waals surface area (Å²) in [5.41, 5.74) is 0.963. The zero-order valence-electron chi connectivity index (χ0n) is 8.44. The van der Waals surface area contributed by atoms with Crippen LogP contribution in [0.5, 0.6) is 0 Å². The van der Waals surface area contributed by atoms with Crippen molar-refractivity contribution in [3.05, 3.63) is 42.5 Å². The Morgan fingerprint density at radius 1 is 1.43 bits per heavy atom. The fourth-order valence-corrected chi connectivity index (χ4v) is 1.91. The molecule has 1 nitrogen and oxygen atoms in total. The average molecular weight is 208 g/mol. The van der Waals surface area contributed by atoms with Crippen molar-refractivity contribution >= 4 is 11.8 Å². The SMILES string of the molecule is C=CCC(O)c1ccc(SCC)cc1. The number of hydrogen-bond donors (Lipinski definition) is 1. The van der Waals surface area contributed by atoms with Gasteiger partial charge in [0.15, 0.2) is 0 Å². The summed E-state index contributed by atoms with van der Waals surface area (Å²) in [4.78, 5) is 1.25. The molecule has 0 saturated carbocycles. The van der Waals surface area contributed by atoms with Gasteiger partial charge in [0.1, 0.15) is 0 Å². The summed E-state index contributed by atoms with van der Waals surface area (Å²) in [5, 5.41) is 9.66. The lowest BCUT2D eigenvalue weighted by Gasteiger charge is -2.08. The molecule has 0 heterocycles. The second kappa shape index (κ2) is 5.89. The molecule has 0 radical (unpaired) electrons. The van der Waals surface area contributed by atoms with E-state index in [1.807, 2.05) is 23.9 Å². The van der Waals surface area contributed by atoms with Crippen LogP contribution in [0.3, 0.4) is 0 Å². The molecule has 1 aromatic rings. The third kappa shape index (κ3) is 3.20. The average Bonchev–Trinajstić information content (AvgIpc) is 2.20. The molecule has 14 heavy (non-hydrogen) atoms. The molecule has 1 atom stereocenters. The summed E-state index contributed by atoms with van der Waals surface area (Å²) in [6.45, 7) is 5.74. The highest BCUT2D eigenvalue weighted by Gasteiger charge is 2.04. The maximum absolute atomic E-state index is 9.66. The van der Waals surface area contributed by atoms with Crippen molar-refractivity contribution in [2.45, 2.75) is 24.3 Å². The minimum absolute atomic E-state index is 0.409. The van der Waals surface area contributed by atoms with E-state index in [9.17, 15) is 5.11 Å². The quantitative estimate of drug-likeness (QED) is 0.591. The first-order chi connectivity index (χ1) is 6.77. The molecule has 0 aliphatic heterocycles. The van der Waals surface area contributed by atoms with E-state index in [4.69, 9.17) is 0 Å². The Balaban J connectivity index is 2.67. The van der Waals surface area contributed by atoms with Crippen molar-refractivity contribution in [3.8, 4) is 0 Å². The highest BCUT2D eigenvalue weighted by atomic mass is 32.2. The normalized spacial score (nSPS) is 12.4. The molecule has 1 rings (SSSR count). The van der Waals surface area contributed by atoms with Crippen molar-refractivity contribution in [2.75, 3.05) is 5.75 Å². The smallest absolute Gasteiger partial charge is 0.0824 e. The van der Waals surface area contributed by atoms with Gasteiger partial charge in [0.25, 0.3) is 0 Å². The molecule has 0 aliphatic rings. The number of aliphatic hydroxyl groups is 1. The van der Waals surface area contributed by atoms with Crippen LogP contribution < -0.4 is 0 Å². The van der Waals surface area contributed by atoms with Crippen molar-refractivity contribution < 1.29 is 5.11 Å².